The minimum atomic E-state index is -0.408. The Labute approximate surface area is 143 Å². The third-order valence-corrected chi connectivity index (χ3v) is 6.20. The van der Waals surface area contributed by atoms with Crippen molar-refractivity contribution in [2.45, 2.75) is 31.8 Å². The van der Waals surface area contributed by atoms with Crippen molar-refractivity contribution < 1.29 is 9.18 Å². The molecule has 2 aromatic heterocycles. The van der Waals surface area contributed by atoms with Crippen LogP contribution in [0.3, 0.4) is 0 Å². The average molecular weight is 346 g/mol. The summed E-state index contributed by atoms with van der Waals surface area (Å²) in [6.07, 6.45) is 6.57. The molecule has 2 atom stereocenters. The summed E-state index contributed by atoms with van der Waals surface area (Å²) < 4.78 is 13.3. The first-order valence-electron chi connectivity index (χ1n) is 8.23. The van der Waals surface area contributed by atoms with Crippen LogP contribution >= 0.6 is 11.3 Å². The van der Waals surface area contributed by atoms with Crippen LogP contribution in [0.15, 0.2) is 24.7 Å². The first kappa shape index (κ1) is 15.7. The zero-order chi connectivity index (χ0) is 16.7. The second-order valence-corrected chi connectivity index (χ2v) is 7.57. The Hall–Kier alpha value is -1.86. The van der Waals surface area contributed by atoms with Crippen molar-refractivity contribution in [3.8, 4) is 10.6 Å². The number of nitrogens with one attached hydrogen (secondary N) is 1. The normalized spacial score (nSPS) is 28.8. The number of amides is 1. The number of piperidine rings is 3. The van der Waals surface area contributed by atoms with Crippen LogP contribution in [0.4, 0.5) is 4.39 Å². The lowest BCUT2D eigenvalue weighted by Gasteiger charge is -2.49. The molecule has 2 bridgehead atoms. The van der Waals surface area contributed by atoms with Gasteiger partial charge in [-0.2, -0.15) is 0 Å². The van der Waals surface area contributed by atoms with Crippen molar-refractivity contribution in [3.05, 3.63) is 35.4 Å². The van der Waals surface area contributed by atoms with E-state index in [1.165, 1.54) is 17.4 Å². The Morgan fingerprint density at radius 1 is 1.33 bits per heavy atom. The van der Waals surface area contributed by atoms with E-state index < -0.39 is 5.82 Å². The van der Waals surface area contributed by atoms with Crippen molar-refractivity contribution >= 4 is 17.2 Å². The molecule has 2 aromatic rings. The molecule has 0 aromatic carbocycles. The molecule has 3 saturated heterocycles. The molecule has 0 spiro atoms. The minimum Gasteiger partial charge on any atom is -0.347 e. The molecule has 0 saturated carbocycles. The fourth-order valence-corrected chi connectivity index (χ4v) is 4.61. The number of rotatable bonds is 3. The van der Waals surface area contributed by atoms with Gasteiger partial charge in [-0.25, -0.2) is 9.37 Å². The Morgan fingerprint density at radius 2 is 2.12 bits per heavy atom. The molecule has 5 nitrogen and oxygen atoms in total. The SMILES string of the molecule is C[C@H]1[C@H](NC(=O)c2cnc(-c3cncc(F)c3)s2)C2CCN1CC2. The van der Waals surface area contributed by atoms with Crippen LogP contribution in [0.2, 0.25) is 0 Å². The van der Waals surface area contributed by atoms with E-state index >= 15 is 0 Å². The maximum absolute atomic E-state index is 13.3. The Balaban J connectivity index is 1.49. The van der Waals surface area contributed by atoms with Crippen molar-refractivity contribution in [2.75, 3.05) is 13.1 Å². The van der Waals surface area contributed by atoms with Crippen molar-refractivity contribution in [3.63, 3.8) is 0 Å². The highest BCUT2D eigenvalue weighted by molar-refractivity contribution is 7.16. The Bertz CT molecular complexity index is 755. The molecule has 3 aliphatic heterocycles. The molecule has 3 fully saturated rings. The number of carbonyl (C=O) groups is 1. The van der Waals surface area contributed by atoms with Crippen molar-refractivity contribution in [1.29, 1.82) is 0 Å². The molecular formula is C17H19FN4OS. The van der Waals surface area contributed by atoms with Gasteiger partial charge in [-0.3, -0.25) is 14.7 Å². The van der Waals surface area contributed by atoms with Gasteiger partial charge in [-0.15, -0.1) is 11.3 Å². The molecule has 5 heterocycles. The molecular weight excluding hydrogens is 327 g/mol. The standard InChI is InChI=1S/C17H19FN4OS/c1-10-15(11-2-4-22(10)5-3-11)21-16(23)14-9-20-17(24-14)12-6-13(18)8-19-7-12/h6-11,15H,2-5H2,1H3,(H,21,23)/t10-,15-/m0/s1. The number of halogens is 1. The lowest BCUT2D eigenvalue weighted by atomic mass is 9.79. The van der Waals surface area contributed by atoms with Crippen molar-refractivity contribution in [1.82, 2.24) is 20.2 Å². The van der Waals surface area contributed by atoms with E-state index in [0.29, 0.717) is 27.4 Å². The van der Waals surface area contributed by atoms with Crippen LogP contribution in [0, 0.1) is 11.7 Å². The average Bonchev–Trinajstić information content (AvgIpc) is 3.09. The van der Waals surface area contributed by atoms with Crippen LogP contribution < -0.4 is 5.32 Å². The van der Waals surface area contributed by atoms with Gasteiger partial charge in [0.25, 0.3) is 5.91 Å². The first-order chi connectivity index (χ1) is 11.6. The molecule has 0 radical (unpaired) electrons. The van der Waals surface area contributed by atoms with Crippen LogP contribution in [0.1, 0.15) is 29.4 Å². The monoisotopic (exact) mass is 346 g/mol. The molecule has 1 amide bonds. The summed E-state index contributed by atoms with van der Waals surface area (Å²) >= 11 is 1.27. The molecule has 126 valence electrons. The summed E-state index contributed by atoms with van der Waals surface area (Å²) in [5.74, 6) is 0.0669. The highest BCUT2D eigenvalue weighted by Gasteiger charge is 2.40. The summed E-state index contributed by atoms with van der Waals surface area (Å²) in [5.41, 5.74) is 0.593. The lowest BCUT2D eigenvalue weighted by molar-refractivity contribution is 0.0218. The minimum absolute atomic E-state index is 0.0892. The number of pyridine rings is 1. The van der Waals surface area contributed by atoms with Gasteiger partial charge < -0.3 is 5.32 Å². The van der Waals surface area contributed by atoms with E-state index in [4.69, 9.17) is 0 Å². The molecule has 3 aliphatic rings. The van der Waals surface area contributed by atoms with Gasteiger partial charge in [0.05, 0.1) is 12.4 Å². The predicted octanol–water partition coefficient (Wildman–Crippen LogP) is 2.56. The summed E-state index contributed by atoms with van der Waals surface area (Å²) in [6, 6.07) is 1.95. The maximum atomic E-state index is 13.3. The third-order valence-electron chi connectivity index (χ3n) is 5.16. The van der Waals surface area contributed by atoms with Gasteiger partial charge in [0.2, 0.25) is 0 Å². The van der Waals surface area contributed by atoms with E-state index in [2.05, 4.69) is 27.1 Å². The second-order valence-electron chi connectivity index (χ2n) is 6.53. The van der Waals surface area contributed by atoms with E-state index in [0.717, 1.165) is 32.1 Å². The largest absolute Gasteiger partial charge is 0.347 e. The number of aromatic nitrogens is 2. The van der Waals surface area contributed by atoms with Crippen LogP contribution in [-0.2, 0) is 0 Å². The molecule has 1 N–H and O–H groups in total. The molecule has 0 aliphatic carbocycles. The number of fused-ring (bicyclic) bond motifs is 3. The maximum Gasteiger partial charge on any atom is 0.263 e. The number of carbonyl (C=O) groups excluding carboxylic acids is 1. The van der Waals surface area contributed by atoms with E-state index in [1.807, 2.05) is 0 Å². The zero-order valence-electron chi connectivity index (χ0n) is 13.4. The molecule has 0 unspecified atom stereocenters. The second kappa shape index (κ2) is 6.22. The van der Waals surface area contributed by atoms with Gasteiger partial charge in [-0.1, -0.05) is 0 Å². The highest BCUT2D eigenvalue weighted by atomic mass is 32.1. The van der Waals surface area contributed by atoms with E-state index in [9.17, 15) is 9.18 Å². The Morgan fingerprint density at radius 3 is 2.83 bits per heavy atom. The quantitative estimate of drug-likeness (QED) is 0.928. The van der Waals surface area contributed by atoms with Gasteiger partial charge in [0.15, 0.2) is 0 Å². The predicted molar refractivity (Wildman–Crippen MR) is 90.3 cm³/mol. The summed E-state index contributed by atoms with van der Waals surface area (Å²) in [5, 5.41) is 3.80. The van der Waals surface area contributed by atoms with E-state index in [1.54, 1.807) is 12.4 Å². The van der Waals surface area contributed by atoms with E-state index in [-0.39, 0.29) is 11.9 Å². The zero-order valence-corrected chi connectivity index (χ0v) is 14.2. The van der Waals surface area contributed by atoms with Crippen LogP contribution in [0.25, 0.3) is 10.6 Å². The van der Waals surface area contributed by atoms with Crippen LogP contribution in [0.5, 0.6) is 0 Å². The van der Waals surface area contributed by atoms with Gasteiger partial charge in [-0.05, 0) is 44.8 Å². The summed E-state index contributed by atoms with van der Waals surface area (Å²) in [6.45, 7) is 4.46. The van der Waals surface area contributed by atoms with Crippen LogP contribution in [-0.4, -0.2) is 45.9 Å². The number of hydrogen-bond donors (Lipinski definition) is 1. The summed E-state index contributed by atoms with van der Waals surface area (Å²) in [4.78, 5) is 23.7. The molecule has 5 rings (SSSR count). The fourth-order valence-electron chi connectivity index (χ4n) is 3.81. The molecule has 7 heteroatoms. The smallest absolute Gasteiger partial charge is 0.263 e. The van der Waals surface area contributed by atoms with Gasteiger partial charge in [0, 0.05) is 23.8 Å². The molecule has 24 heavy (non-hydrogen) atoms. The lowest BCUT2D eigenvalue weighted by Crippen LogP contribution is -2.62. The topological polar surface area (TPSA) is 58.1 Å². The Kier molecular flexibility index (Phi) is 4.05. The number of nitrogens with zero attached hydrogens (tertiary/aromatic N) is 3. The van der Waals surface area contributed by atoms with Crippen molar-refractivity contribution in [2.24, 2.45) is 5.92 Å². The fraction of sp³-hybridized carbons (Fsp3) is 0.471. The number of thiazole rings is 1. The summed E-state index contributed by atoms with van der Waals surface area (Å²) in [7, 11) is 0. The van der Waals surface area contributed by atoms with Gasteiger partial charge >= 0.3 is 0 Å². The first-order valence-corrected chi connectivity index (χ1v) is 9.05. The van der Waals surface area contributed by atoms with Gasteiger partial charge in [0.1, 0.15) is 15.7 Å². The third kappa shape index (κ3) is 2.82. The highest BCUT2D eigenvalue weighted by Crippen LogP contribution is 2.32. The number of hydrogen-bond acceptors (Lipinski definition) is 5.